The number of carboxylic acids is 1. The Morgan fingerprint density at radius 3 is 2.71 bits per heavy atom. The molecule has 1 saturated carbocycles. The van der Waals surface area contributed by atoms with Gasteiger partial charge in [0.1, 0.15) is 5.56 Å². The number of rotatable bonds is 1. The van der Waals surface area contributed by atoms with Crippen LogP contribution in [0.3, 0.4) is 0 Å². The number of carbonyl (C=O) groups excluding carboxylic acids is 1. The molecular weight excluding hydrogens is 316 g/mol. The Balaban J connectivity index is 1.76. The number of amides is 1. The fourth-order valence-corrected chi connectivity index (χ4v) is 4.04. The predicted octanol–water partition coefficient (Wildman–Crippen LogP) is 0.623. The van der Waals surface area contributed by atoms with Crippen LogP contribution in [0.1, 0.15) is 46.5 Å². The van der Waals surface area contributed by atoms with E-state index in [0.717, 1.165) is 31.9 Å². The second-order valence-corrected chi connectivity index (χ2v) is 6.66. The van der Waals surface area contributed by atoms with Gasteiger partial charge in [-0.3, -0.25) is 9.59 Å². The largest absolute Gasteiger partial charge is 0.503 e. The van der Waals surface area contributed by atoms with E-state index in [1.54, 1.807) is 4.90 Å². The molecule has 3 aliphatic rings. The average molecular weight is 334 g/mol. The molecule has 1 aliphatic carbocycles. The quantitative estimate of drug-likeness (QED) is 0.779. The van der Waals surface area contributed by atoms with Gasteiger partial charge in [-0.15, -0.1) is 0 Å². The molecule has 4 rings (SSSR count). The molecular formula is C16H18N2O6. The lowest BCUT2D eigenvalue weighted by Gasteiger charge is -2.48. The van der Waals surface area contributed by atoms with Gasteiger partial charge in [0.2, 0.25) is 5.43 Å². The molecule has 1 amide bonds. The second-order valence-electron chi connectivity index (χ2n) is 6.66. The van der Waals surface area contributed by atoms with Crippen molar-refractivity contribution in [1.82, 2.24) is 9.47 Å². The van der Waals surface area contributed by atoms with Crippen molar-refractivity contribution in [1.29, 1.82) is 0 Å². The molecule has 8 heteroatoms. The number of fused-ring (bicyclic) bond motifs is 3. The van der Waals surface area contributed by atoms with Crippen LogP contribution in [0.5, 0.6) is 5.75 Å². The van der Waals surface area contributed by atoms with E-state index in [4.69, 9.17) is 9.84 Å². The van der Waals surface area contributed by atoms with Crippen molar-refractivity contribution in [2.45, 2.75) is 44.6 Å². The van der Waals surface area contributed by atoms with Gasteiger partial charge in [-0.2, -0.15) is 0 Å². The number of carboxylic acid groups (broad SMARTS) is 1. The minimum atomic E-state index is -1.43. The monoisotopic (exact) mass is 334 g/mol. The van der Waals surface area contributed by atoms with Crippen LogP contribution in [-0.2, 0) is 11.3 Å². The zero-order valence-electron chi connectivity index (χ0n) is 13.0. The van der Waals surface area contributed by atoms with Crippen molar-refractivity contribution in [2.75, 3.05) is 6.54 Å². The molecule has 0 radical (unpaired) electrons. The summed E-state index contributed by atoms with van der Waals surface area (Å²) in [6.45, 7) is 0.751. The van der Waals surface area contributed by atoms with Crippen LogP contribution in [0.2, 0.25) is 0 Å². The molecule has 2 N–H and O–H groups in total. The van der Waals surface area contributed by atoms with Crippen LogP contribution in [0, 0.1) is 5.92 Å². The number of aromatic nitrogens is 1. The zero-order valence-corrected chi connectivity index (χ0v) is 13.0. The van der Waals surface area contributed by atoms with Gasteiger partial charge in [0.15, 0.2) is 17.7 Å². The van der Waals surface area contributed by atoms with Crippen LogP contribution in [0.15, 0.2) is 11.0 Å². The van der Waals surface area contributed by atoms with Crippen molar-refractivity contribution in [3.63, 3.8) is 0 Å². The van der Waals surface area contributed by atoms with Gasteiger partial charge >= 0.3 is 5.97 Å². The molecule has 0 spiro atoms. The van der Waals surface area contributed by atoms with Gasteiger partial charge in [-0.1, -0.05) is 12.8 Å². The van der Waals surface area contributed by atoms with Crippen LogP contribution in [0.4, 0.5) is 0 Å². The lowest BCUT2D eigenvalue weighted by Crippen LogP contribution is -2.59. The lowest BCUT2D eigenvalue weighted by molar-refractivity contribution is -0.169. The van der Waals surface area contributed by atoms with Crippen molar-refractivity contribution < 1.29 is 24.5 Å². The van der Waals surface area contributed by atoms with E-state index in [-0.39, 0.29) is 24.3 Å². The summed E-state index contributed by atoms with van der Waals surface area (Å²) in [6.07, 6.45) is 4.92. The Labute approximate surface area is 137 Å². The standard InChI is InChI=1S/C16H18N2O6/c19-13-9(16(22)23)6-17-7-11-18(15(21)12(17)14(13)20)5-8-3-1-2-4-10(8)24-11/h6,8,10-11,20H,1-5,7H2,(H,22,23)/t8-,10+,11-/m1/s1. The summed E-state index contributed by atoms with van der Waals surface area (Å²) < 4.78 is 7.40. The molecule has 0 bridgehead atoms. The molecule has 3 atom stereocenters. The van der Waals surface area contributed by atoms with Gasteiger partial charge in [0.05, 0.1) is 12.6 Å². The summed E-state index contributed by atoms with van der Waals surface area (Å²) in [6, 6.07) is 0. The highest BCUT2D eigenvalue weighted by Gasteiger charge is 2.44. The summed E-state index contributed by atoms with van der Waals surface area (Å²) in [4.78, 5) is 37.4. The zero-order chi connectivity index (χ0) is 17.0. The summed E-state index contributed by atoms with van der Waals surface area (Å²) >= 11 is 0. The number of ether oxygens (including phenoxy) is 1. The molecule has 0 unspecified atom stereocenters. The molecule has 1 saturated heterocycles. The van der Waals surface area contributed by atoms with Gasteiger partial charge < -0.3 is 24.4 Å². The van der Waals surface area contributed by atoms with E-state index < -0.39 is 34.8 Å². The topological polar surface area (TPSA) is 109 Å². The maximum Gasteiger partial charge on any atom is 0.341 e. The van der Waals surface area contributed by atoms with Crippen LogP contribution < -0.4 is 5.43 Å². The van der Waals surface area contributed by atoms with E-state index in [2.05, 4.69) is 0 Å². The molecule has 1 aromatic rings. The number of pyridine rings is 1. The number of hydrogen-bond acceptors (Lipinski definition) is 5. The molecule has 3 heterocycles. The lowest BCUT2D eigenvalue weighted by atomic mass is 9.84. The normalized spacial score (nSPS) is 28.8. The Hall–Kier alpha value is -2.35. The fraction of sp³-hybridized carbons (Fsp3) is 0.562. The molecule has 128 valence electrons. The van der Waals surface area contributed by atoms with Crippen molar-refractivity contribution in [3.8, 4) is 5.75 Å². The first kappa shape index (κ1) is 15.2. The third-order valence-electron chi connectivity index (χ3n) is 5.25. The minimum Gasteiger partial charge on any atom is -0.503 e. The maximum atomic E-state index is 12.8. The van der Waals surface area contributed by atoms with Crippen LogP contribution in [0.25, 0.3) is 0 Å². The molecule has 0 aromatic carbocycles. The van der Waals surface area contributed by atoms with Crippen molar-refractivity contribution in [2.24, 2.45) is 5.92 Å². The smallest absolute Gasteiger partial charge is 0.341 e. The predicted molar refractivity (Wildman–Crippen MR) is 81.0 cm³/mol. The van der Waals surface area contributed by atoms with Gasteiger partial charge in [0.25, 0.3) is 5.91 Å². The highest BCUT2D eigenvalue weighted by molar-refractivity contribution is 5.97. The minimum absolute atomic E-state index is 0.112. The Kier molecular flexibility index (Phi) is 3.38. The van der Waals surface area contributed by atoms with E-state index in [9.17, 15) is 19.5 Å². The molecule has 1 aromatic heterocycles. The van der Waals surface area contributed by atoms with E-state index in [1.165, 1.54) is 4.57 Å². The van der Waals surface area contributed by atoms with Gasteiger partial charge in [-0.25, -0.2) is 4.79 Å². The van der Waals surface area contributed by atoms with Crippen LogP contribution in [-0.4, -0.2) is 50.4 Å². The Bertz CT molecular complexity index is 786. The third kappa shape index (κ3) is 2.13. The molecule has 8 nitrogen and oxygen atoms in total. The van der Waals surface area contributed by atoms with Gasteiger partial charge in [0, 0.05) is 18.7 Å². The summed E-state index contributed by atoms with van der Waals surface area (Å²) in [7, 11) is 0. The number of aromatic hydroxyl groups is 1. The molecule has 24 heavy (non-hydrogen) atoms. The highest BCUT2D eigenvalue weighted by atomic mass is 16.5. The summed E-state index contributed by atoms with van der Waals surface area (Å²) in [5.74, 6) is -2.44. The van der Waals surface area contributed by atoms with Crippen molar-refractivity contribution in [3.05, 3.63) is 27.7 Å². The third-order valence-corrected chi connectivity index (χ3v) is 5.25. The second kappa shape index (κ2) is 5.34. The van der Waals surface area contributed by atoms with E-state index >= 15 is 0 Å². The number of carbonyl (C=O) groups is 2. The van der Waals surface area contributed by atoms with E-state index in [0.29, 0.717) is 6.54 Å². The first-order valence-corrected chi connectivity index (χ1v) is 8.13. The average Bonchev–Trinajstić information content (AvgIpc) is 2.56. The molecule has 2 aliphatic heterocycles. The molecule has 2 fully saturated rings. The highest BCUT2D eigenvalue weighted by Crippen LogP contribution is 2.36. The number of nitrogens with zero attached hydrogens (tertiary/aromatic N) is 2. The first-order chi connectivity index (χ1) is 11.5. The SMILES string of the molecule is O=C(O)c1cn2c(c(O)c1=O)C(=O)N1C[C@H]3CCCC[C@@H]3O[C@@H]1C2. The number of hydrogen-bond donors (Lipinski definition) is 2. The van der Waals surface area contributed by atoms with Gasteiger partial charge in [-0.05, 0) is 12.8 Å². The van der Waals surface area contributed by atoms with Crippen molar-refractivity contribution >= 4 is 11.9 Å². The first-order valence-electron chi connectivity index (χ1n) is 8.13. The maximum absolute atomic E-state index is 12.8. The summed E-state index contributed by atoms with van der Waals surface area (Å²) in [5, 5.41) is 19.2. The Morgan fingerprint density at radius 1 is 1.21 bits per heavy atom. The number of aromatic carboxylic acids is 1. The van der Waals surface area contributed by atoms with E-state index in [1.807, 2.05) is 0 Å². The Morgan fingerprint density at radius 2 is 1.96 bits per heavy atom. The van der Waals surface area contributed by atoms with Crippen LogP contribution >= 0.6 is 0 Å². The summed E-state index contributed by atoms with van der Waals surface area (Å²) in [5.41, 5.74) is -1.74. The fourth-order valence-electron chi connectivity index (χ4n) is 4.04.